The van der Waals surface area contributed by atoms with Gasteiger partial charge in [0.2, 0.25) is 11.7 Å². The first kappa shape index (κ1) is 24.5. The van der Waals surface area contributed by atoms with Crippen LogP contribution in [0.5, 0.6) is 5.88 Å². The van der Waals surface area contributed by atoms with Crippen LogP contribution < -0.4 is 15.8 Å². The maximum atomic E-state index is 13.4. The number of nitro groups is 1. The zero-order valence-electron chi connectivity index (χ0n) is 18.4. The zero-order chi connectivity index (χ0) is 24.2. The van der Waals surface area contributed by atoms with E-state index in [2.05, 4.69) is 15.3 Å². The summed E-state index contributed by atoms with van der Waals surface area (Å²) in [6.07, 6.45) is -0.884. The Morgan fingerprint density at radius 1 is 1.24 bits per heavy atom. The Bertz CT molecular complexity index is 1010. The normalized spacial score (nSPS) is 15.4. The Balaban J connectivity index is 2.05. The molecule has 0 atom stereocenters. The SMILES string of the molecule is CCOc1cc(-c2cc(NCC3(COC)CCCC3)c([N+](=O)[O-])c(N)n2)cc(C(F)(F)F)n1. The second kappa shape index (κ2) is 9.77. The maximum absolute atomic E-state index is 13.4. The first-order valence-electron chi connectivity index (χ1n) is 10.5. The van der Waals surface area contributed by atoms with Gasteiger partial charge in [-0.3, -0.25) is 10.1 Å². The number of nitrogens with zero attached hydrogens (tertiary/aromatic N) is 3. The molecule has 9 nitrogen and oxygen atoms in total. The van der Waals surface area contributed by atoms with E-state index in [-0.39, 0.29) is 34.8 Å². The molecule has 0 radical (unpaired) electrons. The summed E-state index contributed by atoms with van der Waals surface area (Å²) in [5.74, 6) is -0.642. The molecule has 1 aliphatic rings. The fourth-order valence-electron chi connectivity index (χ4n) is 4.14. The van der Waals surface area contributed by atoms with Crippen LogP contribution in [0.4, 0.5) is 30.4 Å². The molecule has 0 spiro atoms. The fourth-order valence-corrected chi connectivity index (χ4v) is 4.14. The largest absolute Gasteiger partial charge is 0.478 e. The van der Waals surface area contributed by atoms with E-state index < -0.39 is 28.3 Å². The van der Waals surface area contributed by atoms with Gasteiger partial charge in [0.25, 0.3) is 0 Å². The number of nitrogens with two attached hydrogens (primary N) is 1. The average Bonchev–Trinajstić information content (AvgIpc) is 3.20. The van der Waals surface area contributed by atoms with Gasteiger partial charge in [0.05, 0.1) is 23.8 Å². The Labute approximate surface area is 188 Å². The number of methoxy groups -OCH3 is 1. The Morgan fingerprint density at radius 3 is 2.52 bits per heavy atom. The van der Waals surface area contributed by atoms with E-state index in [0.29, 0.717) is 13.2 Å². The molecule has 3 rings (SSSR count). The lowest BCUT2D eigenvalue weighted by Crippen LogP contribution is -2.31. The van der Waals surface area contributed by atoms with Gasteiger partial charge >= 0.3 is 11.9 Å². The van der Waals surface area contributed by atoms with Gasteiger partial charge in [-0.15, -0.1) is 0 Å². The van der Waals surface area contributed by atoms with Crippen molar-refractivity contribution in [1.82, 2.24) is 9.97 Å². The van der Waals surface area contributed by atoms with Gasteiger partial charge in [0.15, 0.2) is 0 Å². The number of nitrogens with one attached hydrogen (secondary N) is 1. The van der Waals surface area contributed by atoms with E-state index >= 15 is 0 Å². The molecule has 0 saturated heterocycles. The van der Waals surface area contributed by atoms with Gasteiger partial charge in [-0.05, 0) is 31.9 Å². The molecule has 0 amide bonds. The Kier molecular flexibility index (Phi) is 7.25. The van der Waals surface area contributed by atoms with Crippen LogP contribution in [0.25, 0.3) is 11.3 Å². The lowest BCUT2D eigenvalue weighted by Gasteiger charge is -2.28. The summed E-state index contributed by atoms with van der Waals surface area (Å²) in [7, 11) is 1.60. The molecule has 0 aliphatic heterocycles. The topological polar surface area (TPSA) is 125 Å². The minimum atomic E-state index is -4.72. The van der Waals surface area contributed by atoms with Crippen molar-refractivity contribution < 1.29 is 27.6 Å². The number of anilines is 2. The van der Waals surface area contributed by atoms with Gasteiger partial charge in [0, 0.05) is 30.7 Å². The van der Waals surface area contributed by atoms with Crippen molar-refractivity contribution in [2.45, 2.75) is 38.8 Å². The standard InChI is InChI=1S/C21H26F3N5O4/c1-3-33-17-9-13(8-16(28-17)21(22,23)24)14-10-15(18(29(30)31)19(25)27-14)26-11-20(12-32-2)6-4-5-7-20/h8-10H,3-7,11-12H2,1-2H3,(H3,25,26,27). The highest BCUT2D eigenvalue weighted by atomic mass is 19.4. The molecule has 1 aliphatic carbocycles. The molecule has 0 bridgehead atoms. The number of nitrogen functional groups attached to an aromatic ring is 1. The number of rotatable bonds is 9. The van der Waals surface area contributed by atoms with Crippen LogP contribution in [0, 0.1) is 15.5 Å². The molecule has 33 heavy (non-hydrogen) atoms. The van der Waals surface area contributed by atoms with Crippen molar-refractivity contribution in [2.75, 3.05) is 37.9 Å². The predicted molar refractivity (Wildman–Crippen MR) is 116 cm³/mol. The van der Waals surface area contributed by atoms with Crippen molar-refractivity contribution in [3.63, 3.8) is 0 Å². The monoisotopic (exact) mass is 469 g/mol. The van der Waals surface area contributed by atoms with Crippen molar-refractivity contribution in [3.8, 4) is 17.1 Å². The summed E-state index contributed by atoms with van der Waals surface area (Å²) in [6.45, 7) is 2.60. The molecule has 1 saturated carbocycles. The van der Waals surface area contributed by atoms with E-state index in [1.165, 1.54) is 12.1 Å². The van der Waals surface area contributed by atoms with Gasteiger partial charge in [-0.1, -0.05) is 12.8 Å². The summed E-state index contributed by atoms with van der Waals surface area (Å²) >= 11 is 0. The molecule has 1 fully saturated rings. The number of alkyl halides is 3. The van der Waals surface area contributed by atoms with Crippen molar-refractivity contribution in [3.05, 3.63) is 34.0 Å². The third kappa shape index (κ3) is 5.62. The number of hydrogen-bond donors (Lipinski definition) is 2. The van der Waals surface area contributed by atoms with E-state index in [9.17, 15) is 23.3 Å². The second-order valence-electron chi connectivity index (χ2n) is 8.05. The highest BCUT2D eigenvalue weighted by molar-refractivity contribution is 5.78. The molecule has 180 valence electrons. The van der Waals surface area contributed by atoms with E-state index in [1.54, 1.807) is 14.0 Å². The number of halogens is 3. The van der Waals surface area contributed by atoms with Crippen molar-refractivity contribution in [2.24, 2.45) is 5.41 Å². The molecular weight excluding hydrogens is 443 g/mol. The number of pyridine rings is 2. The van der Waals surface area contributed by atoms with Crippen LogP contribution in [-0.4, -0.2) is 41.8 Å². The summed E-state index contributed by atoms with van der Waals surface area (Å²) in [6, 6.07) is 3.43. The lowest BCUT2D eigenvalue weighted by atomic mass is 9.87. The van der Waals surface area contributed by atoms with Gasteiger partial charge in [-0.25, -0.2) is 9.97 Å². The molecule has 3 N–H and O–H groups in total. The molecule has 2 aromatic heterocycles. The van der Waals surface area contributed by atoms with Crippen LogP contribution in [0.2, 0.25) is 0 Å². The van der Waals surface area contributed by atoms with Crippen LogP contribution >= 0.6 is 0 Å². The van der Waals surface area contributed by atoms with Crippen LogP contribution in [0.1, 0.15) is 38.3 Å². The van der Waals surface area contributed by atoms with Crippen LogP contribution in [0.15, 0.2) is 18.2 Å². The summed E-state index contributed by atoms with van der Waals surface area (Å²) in [5.41, 5.74) is 4.21. The molecule has 2 heterocycles. The number of aromatic nitrogens is 2. The zero-order valence-corrected chi connectivity index (χ0v) is 18.4. The van der Waals surface area contributed by atoms with Gasteiger partial charge in [-0.2, -0.15) is 13.2 Å². The Morgan fingerprint density at radius 2 is 1.94 bits per heavy atom. The minimum Gasteiger partial charge on any atom is -0.478 e. The molecule has 12 heteroatoms. The van der Waals surface area contributed by atoms with Gasteiger partial charge in [0.1, 0.15) is 11.4 Å². The quantitative estimate of drug-likeness (QED) is 0.401. The first-order chi connectivity index (χ1) is 15.6. The lowest BCUT2D eigenvalue weighted by molar-refractivity contribution is -0.383. The average molecular weight is 469 g/mol. The fraction of sp³-hybridized carbons (Fsp3) is 0.524. The van der Waals surface area contributed by atoms with Gasteiger partial charge < -0.3 is 20.5 Å². The summed E-state index contributed by atoms with van der Waals surface area (Å²) < 4.78 is 50.6. The Hall–Kier alpha value is -3.15. The van der Waals surface area contributed by atoms with Crippen LogP contribution in [-0.2, 0) is 10.9 Å². The third-order valence-electron chi connectivity index (χ3n) is 5.65. The third-order valence-corrected chi connectivity index (χ3v) is 5.65. The number of hydrogen-bond acceptors (Lipinski definition) is 8. The van der Waals surface area contributed by atoms with Crippen molar-refractivity contribution in [1.29, 1.82) is 0 Å². The molecule has 0 unspecified atom stereocenters. The molecular formula is C21H26F3N5O4. The van der Waals surface area contributed by atoms with E-state index in [4.69, 9.17) is 15.2 Å². The smallest absolute Gasteiger partial charge is 0.433 e. The maximum Gasteiger partial charge on any atom is 0.433 e. The van der Waals surface area contributed by atoms with Crippen molar-refractivity contribution >= 4 is 17.2 Å². The second-order valence-corrected chi connectivity index (χ2v) is 8.05. The van der Waals surface area contributed by atoms with E-state index in [1.807, 2.05) is 0 Å². The molecule has 2 aromatic rings. The summed E-state index contributed by atoms with van der Waals surface area (Å²) in [4.78, 5) is 18.5. The highest BCUT2D eigenvalue weighted by Crippen LogP contribution is 2.41. The minimum absolute atomic E-state index is 0.0258. The van der Waals surface area contributed by atoms with E-state index in [0.717, 1.165) is 31.7 Å². The number of ether oxygens (including phenoxy) is 2. The van der Waals surface area contributed by atoms with Crippen LogP contribution in [0.3, 0.4) is 0 Å². The molecule has 0 aromatic carbocycles. The first-order valence-corrected chi connectivity index (χ1v) is 10.5. The summed E-state index contributed by atoms with van der Waals surface area (Å²) in [5, 5.41) is 14.7. The predicted octanol–water partition coefficient (Wildman–Crippen LogP) is 4.67. The highest BCUT2D eigenvalue weighted by Gasteiger charge is 2.36.